The minimum atomic E-state index is -0.379. The summed E-state index contributed by atoms with van der Waals surface area (Å²) in [6.45, 7) is 4.47. The number of furan rings is 1. The number of amides is 1. The summed E-state index contributed by atoms with van der Waals surface area (Å²) in [6, 6.07) is 16.9. The van der Waals surface area contributed by atoms with E-state index in [0.717, 1.165) is 22.5 Å². The summed E-state index contributed by atoms with van der Waals surface area (Å²) >= 11 is 0. The zero-order chi connectivity index (χ0) is 20.8. The molecule has 2 saturated heterocycles. The number of carbonyl (C=O) groups excluding carboxylic acids is 1. The molecule has 2 aliphatic heterocycles. The van der Waals surface area contributed by atoms with Crippen molar-refractivity contribution in [1.82, 2.24) is 15.8 Å². The van der Waals surface area contributed by atoms with Gasteiger partial charge in [-0.05, 0) is 37.6 Å². The van der Waals surface area contributed by atoms with E-state index in [9.17, 15) is 9.90 Å². The summed E-state index contributed by atoms with van der Waals surface area (Å²) in [5.41, 5.74) is 10.6. The van der Waals surface area contributed by atoms with Gasteiger partial charge < -0.3 is 14.4 Å². The first-order valence-corrected chi connectivity index (χ1v) is 10.2. The third-order valence-corrected chi connectivity index (χ3v) is 6.26. The van der Waals surface area contributed by atoms with Crippen molar-refractivity contribution in [3.05, 3.63) is 88.9 Å². The molecule has 3 N–H and O–H groups in total. The lowest BCUT2D eigenvalue weighted by atomic mass is 9.82. The highest BCUT2D eigenvalue weighted by Crippen LogP contribution is 2.49. The number of rotatable bonds is 4. The highest BCUT2D eigenvalue weighted by molar-refractivity contribution is 5.86. The van der Waals surface area contributed by atoms with Gasteiger partial charge in [0.05, 0.1) is 24.9 Å². The molecule has 3 aromatic rings. The maximum Gasteiger partial charge on any atom is 0.242 e. The van der Waals surface area contributed by atoms with Crippen molar-refractivity contribution in [1.29, 1.82) is 0 Å². The molecule has 1 aromatic heterocycles. The molecule has 2 aromatic carbocycles. The Balaban J connectivity index is 1.59. The fourth-order valence-electron chi connectivity index (χ4n) is 4.80. The van der Waals surface area contributed by atoms with Gasteiger partial charge in [-0.3, -0.25) is 4.79 Å². The molecule has 1 amide bonds. The summed E-state index contributed by atoms with van der Waals surface area (Å²) in [6.07, 6.45) is 1.63. The summed E-state index contributed by atoms with van der Waals surface area (Å²) < 4.78 is 5.55. The quantitative estimate of drug-likeness (QED) is 0.621. The molecule has 6 heteroatoms. The average molecular weight is 403 g/mol. The Hall–Kier alpha value is -3.09. The molecule has 4 atom stereocenters. The van der Waals surface area contributed by atoms with E-state index in [0.29, 0.717) is 6.54 Å². The number of hydrogen-bond donors (Lipinski definition) is 3. The number of phenols is 1. The third-order valence-electron chi connectivity index (χ3n) is 6.26. The van der Waals surface area contributed by atoms with Gasteiger partial charge in [-0.15, -0.1) is 0 Å². The van der Waals surface area contributed by atoms with Crippen molar-refractivity contribution >= 4 is 5.91 Å². The van der Waals surface area contributed by atoms with Crippen LogP contribution in [0.1, 0.15) is 40.1 Å². The van der Waals surface area contributed by atoms with Crippen LogP contribution in [0, 0.1) is 19.8 Å². The van der Waals surface area contributed by atoms with Gasteiger partial charge in [-0.2, -0.15) is 0 Å². The number of carbonyl (C=O) groups is 1. The fraction of sp³-hybridized carbons (Fsp3) is 0.292. The maximum absolute atomic E-state index is 13.4. The largest absolute Gasteiger partial charge is 0.508 e. The lowest BCUT2D eigenvalue weighted by Crippen LogP contribution is -2.41. The molecule has 154 valence electrons. The first kappa shape index (κ1) is 18.9. The maximum atomic E-state index is 13.4. The van der Waals surface area contributed by atoms with Crippen LogP contribution in [0.25, 0.3) is 0 Å². The van der Waals surface area contributed by atoms with Crippen LogP contribution in [0.5, 0.6) is 5.75 Å². The Morgan fingerprint density at radius 2 is 1.73 bits per heavy atom. The van der Waals surface area contributed by atoms with E-state index >= 15 is 0 Å². The van der Waals surface area contributed by atoms with E-state index in [2.05, 4.69) is 42.0 Å². The third kappa shape index (κ3) is 3.09. The van der Waals surface area contributed by atoms with Crippen molar-refractivity contribution in [3.8, 4) is 5.75 Å². The highest BCUT2D eigenvalue weighted by Gasteiger charge is 2.55. The minimum Gasteiger partial charge on any atom is -0.508 e. The smallest absolute Gasteiger partial charge is 0.242 e. The summed E-state index contributed by atoms with van der Waals surface area (Å²) in [5.74, 6) is 0.940. The molecule has 5 rings (SSSR count). The van der Waals surface area contributed by atoms with Crippen LogP contribution >= 0.6 is 0 Å². The van der Waals surface area contributed by atoms with Crippen molar-refractivity contribution in [2.45, 2.75) is 38.5 Å². The Labute approximate surface area is 175 Å². The molecule has 0 spiro atoms. The van der Waals surface area contributed by atoms with Crippen molar-refractivity contribution in [2.75, 3.05) is 0 Å². The van der Waals surface area contributed by atoms with Crippen LogP contribution < -0.4 is 10.9 Å². The second-order valence-corrected chi connectivity index (χ2v) is 8.28. The number of fused-ring (bicyclic) bond motifs is 1. The number of nitrogens with zero attached hydrogens (tertiary/aromatic N) is 1. The van der Waals surface area contributed by atoms with E-state index in [-0.39, 0.29) is 35.7 Å². The standard InChI is InChI=1S/C24H25N3O3/c1-14-5-8-16(9-6-14)23-20-21(18-12-15(2)7-10-19(18)28)25-26-22(20)24(29)27(23)13-17-4-3-11-30-17/h3-12,20-23,25-26,28H,13H2,1-2H3. The van der Waals surface area contributed by atoms with E-state index < -0.39 is 0 Å². The van der Waals surface area contributed by atoms with Crippen LogP contribution in [-0.2, 0) is 11.3 Å². The van der Waals surface area contributed by atoms with Gasteiger partial charge >= 0.3 is 0 Å². The Kier molecular flexibility index (Phi) is 4.60. The molecule has 4 unspecified atom stereocenters. The van der Waals surface area contributed by atoms with E-state index in [1.807, 2.05) is 36.1 Å². The molecular weight excluding hydrogens is 378 g/mol. The molecular formula is C24H25N3O3. The molecule has 0 saturated carbocycles. The number of hydrazine groups is 1. The van der Waals surface area contributed by atoms with Crippen molar-refractivity contribution < 1.29 is 14.3 Å². The monoisotopic (exact) mass is 403 g/mol. The number of benzene rings is 2. The van der Waals surface area contributed by atoms with Crippen LogP contribution in [0.3, 0.4) is 0 Å². The van der Waals surface area contributed by atoms with Gasteiger partial charge in [0.1, 0.15) is 17.6 Å². The molecule has 2 fully saturated rings. The van der Waals surface area contributed by atoms with Gasteiger partial charge in [0.15, 0.2) is 0 Å². The summed E-state index contributed by atoms with van der Waals surface area (Å²) in [5, 5.41) is 10.6. The zero-order valence-electron chi connectivity index (χ0n) is 17.0. The lowest BCUT2D eigenvalue weighted by molar-refractivity contribution is -0.131. The fourth-order valence-corrected chi connectivity index (χ4v) is 4.80. The molecule has 30 heavy (non-hydrogen) atoms. The minimum absolute atomic E-state index is 0.0316. The topological polar surface area (TPSA) is 77.7 Å². The molecule has 0 radical (unpaired) electrons. The van der Waals surface area contributed by atoms with Gasteiger partial charge in [-0.25, -0.2) is 10.9 Å². The normalized spacial score (nSPS) is 25.7. The number of nitrogens with one attached hydrogen (secondary N) is 2. The van der Waals surface area contributed by atoms with Gasteiger partial charge in [0.25, 0.3) is 0 Å². The van der Waals surface area contributed by atoms with Gasteiger partial charge in [-0.1, -0.05) is 47.5 Å². The van der Waals surface area contributed by atoms with Crippen molar-refractivity contribution in [2.24, 2.45) is 5.92 Å². The first-order chi connectivity index (χ1) is 14.5. The predicted octanol–water partition coefficient (Wildman–Crippen LogP) is 3.52. The predicted molar refractivity (Wildman–Crippen MR) is 112 cm³/mol. The summed E-state index contributed by atoms with van der Waals surface area (Å²) in [4.78, 5) is 15.3. The highest BCUT2D eigenvalue weighted by atomic mass is 16.3. The Morgan fingerprint density at radius 3 is 2.47 bits per heavy atom. The SMILES string of the molecule is Cc1ccc(C2C3C(NNC3c3cc(C)ccc3O)C(=O)N2Cc2ccco2)cc1. The van der Waals surface area contributed by atoms with Crippen LogP contribution in [0.15, 0.2) is 65.3 Å². The van der Waals surface area contributed by atoms with Crippen LogP contribution in [0.2, 0.25) is 0 Å². The van der Waals surface area contributed by atoms with Gasteiger partial charge in [0, 0.05) is 11.5 Å². The summed E-state index contributed by atoms with van der Waals surface area (Å²) in [7, 11) is 0. The van der Waals surface area contributed by atoms with Crippen LogP contribution in [-0.4, -0.2) is 22.0 Å². The number of likely N-dealkylation sites (tertiary alicyclic amines) is 1. The molecule has 0 aliphatic carbocycles. The average Bonchev–Trinajstić information content (AvgIpc) is 3.45. The Bertz CT molecular complexity index is 1060. The van der Waals surface area contributed by atoms with Gasteiger partial charge in [0.2, 0.25) is 5.91 Å². The van der Waals surface area contributed by atoms with E-state index in [4.69, 9.17) is 4.42 Å². The number of aryl methyl sites for hydroxylation is 2. The van der Waals surface area contributed by atoms with E-state index in [1.54, 1.807) is 12.3 Å². The first-order valence-electron chi connectivity index (χ1n) is 10.2. The second-order valence-electron chi connectivity index (χ2n) is 8.28. The van der Waals surface area contributed by atoms with E-state index in [1.165, 1.54) is 5.56 Å². The zero-order valence-corrected chi connectivity index (χ0v) is 17.0. The molecule has 6 nitrogen and oxygen atoms in total. The lowest BCUT2D eigenvalue weighted by Gasteiger charge is -2.31. The number of aromatic hydroxyl groups is 1. The Morgan fingerprint density at radius 1 is 1.00 bits per heavy atom. The molecule has 0 bridgehead atoms. The number of phenolic OH excluding ortho intramolecular Hbond substituents is 1. The van der Waals surface area contributed by atoms with Crippen LogP contribution in [0.4, 0.5) is 0 Å². The second kappa shape index (κ2) is 7.31. The molecule has 3 heterocycles. The number of hydrogen-bond acceptors (Lipinski definition) is 5. The van der Waals surface area contributed by atoms with Crippen molar-refractivity contribution in [3.63, 3.8) is 0 Å². The molecule has 2 aliphatic rings.